The number of benzene rings is 1. The number of hydrogen-bond acceptors (Lipinski definition) is 2. The zero-order valence-electron chi connectivity index (χ0n) is 11.6. The Hall–Kier alpha value is -1.56. The predicted molar refractivity (Wildman–Crippen MR) is 82.2 cm³/mol. The van der Waals surface area contributed by atoms with Crippen molar-refractivity contribution < 1.29 is 14.7 Å². The number of carbonyl (C=O) groups is 2. The summed E-state index contributed by atoms with van der Waals surface area (Å²) in [6.07, 6.45) is 2.02. The summed E-state index contributed by atoms with van der Waals surface area (Å²) in [6, 6.07) is 4.34. The third kappa shape index (κ3) is 4.85. The third-order valence-corrected chi connectivity index (χ3v) is 3.85. The van der Waals surface area contributed by atoms with Crippen LogP contribution in [-0.2, 0) is 0 Å². The van der Waals surface area contributed by atoms with Crippen LogP contribution >= 0.6 is 15.9 Å². The van der Waals surface area contributed by atoms with Gasteiger partial charge in [0.15, 0.2) is 0 Å². The lowest BCUT2D eigenvalue weighted by molar-refractivity contribution is 0.0696. The number of aromatic carboxylic acids is 1. The number of anilines is 1. The molecule has 110 valence electrons. The van der Waals surface area contributed by atoms with Crippen molar-refractivity contribution in [3.63, 3.8) is 0 Å². The number of carboxylic acids is 1. The van der Waals surface area contributed by atoms with Crippen molar-refractivity contribution in [3.8, 4) is 0 Å². The van der Waals surface area contributed by atoms with Crippen molar-refractivity contribution in [2.24, 2.45) is 5.92 Å². The molecule has 0 saturated heterocycles. The van der Waals surface area contributed by atoms with E-state index in [9.17, 15) is 9.59 Å². The molecular weight excluding hydrogens is 324 g/mol. The van der Waals surface area contributed by atoms with Crippen LogP contribution in [0.5, 0.6) is 0 Å². The van der Waals surface area contributed by atoms with Crippen LogP contribution in [0.15, 0.2) is 22.7 Å². The van der Waals surface area contributed by atoms with E-state index in [1.54, 1.807) is 12.1 Å². The SMILES string of the molecule is CCC(CC)CNC(=O)Nc1ccc(Br)c(C(=O)O)c1. The largest absolute Gasteiger partial charge is 0.478 e. The number of urea groups is 1. The number of carboxylic acid groups (broad SMARTS) is 1. The van der Waals surface area contributed by atoms with Crippen LogP contribution in [0.1, 0.15) is 37.0 Å². The number of hydrogen-bond donors (Lipinski definition) is 3. The quantitative estimate of drug-likeness (QED) is 0.737. The number of rotatable bonds is 6. The molecule has 0 saturated carbocycles. The molecule has 0 aromatic heterocycles. The van der Waals surface area contributed by atoms with Crippen LogP contribution in [0.3, 0.4) is 0 Å². The fourth-order valence-corrected chi connectivity index (χ4v) is 2.17. The first-order valence-electron chi connectivity index (χ1n) is 6.55. The highest BCUT2D eigenvalue weighted by molar-refractivity contribution is 9.10. The van der Waals surface area contributed by atoms with E-state index in [4.69, 9.17) is 5.11 Å². The summed E-state index contributed by atoms with van der Waals surface area (Å²) < 4.78 is 0.480. The first-order valence-corrected chi connectivity index (χ1v) is 7.34. The van der Waals surface area contributed by atoms with Gasteiger partial charge in [0.05, 0.1) is 5.56 Å². The van der Waals surface area contributed by atoms with E-state index in [-0.39, 0.29) is 11.6 Å². The molecule has 1 aromatic rings. The van der Waals surface area contributed by atoms with Gasteiger partial charge >= 0.3 is 12.0 Å². The summed E-state index contributed by atoms with van der Waals surface area (Å²) in [4.78, 5) is 22.7. The number of amides is 2. The Morgan fingerprint density at radius 2 is 1.95 bits per heavy atom. The fraction of sp³-hybridized carbons (Fsp3) is 0.429. The summed E-state index contributed by atoms with van der Waals surface area (Å²) in [5, 5.41) is 14.4. The Labute approximate surface area is 126 Å². The normalized spacial score (nSPS) is 10.4. The van der Waals surface area contributed by atoms with Gasteiger partial charge in [-0.2, -0.15) is 0 Å². The molecule has 0 heterocycles. The van der Waals surface area contributed by atoms with Crippen molar-refractivity contribution >= 4 is 33.6 Å². The third-order valence-electron chi connectivity index (χ3n) is 3.16. The van der Waals surface area contributed by atoms with Gasteiger partial charge in [-0.1, -0.05) is 26.7 Å². The highest BCUT2D eigenvalue weighted by Crippen LogP contribution is 2.21. The number of carbonyl (C=O) groups excluding carboxylic acids is 1. The zero-order valence-corrected chi connectivity index (χ0v) is 13.2. The molecule has 20 heavy (non-hydrogen) atoms. The lowest BCUT2D eigenvalue weighted by Gasteiger charge is -2.14. The molecule has 5 nitrogen and oxygen atoms in total. The van der Waals surface area contributed by atoms with Crippen molar-refractivity contribution in [2.75, 3.05) is 11.9 Å². The predicted octanol–water partition coefficient (Wildman–Crippen LogP) is 3.71. The van der Waals surface area contributed by atoms with Gasteiger partial charge in [0.2, 0.25) is 0 Å². The van der Waals surface area contributed by atoms with Crippen molar-refractivity contribution in [3.05, 3.63) is 28.2 Å². The minimum Gasteiger partial charge on any atom is -0.478 e. The second-order valence-electron chi connectivity index (χ2n) is 4.52. The maximum atomic E-state index is 11.7. The van der Waals surface area contributed by atoms with Crippen LogP contribution in [0.2, 0.25) is 0 Å². The first-order chi connectivity index (χ1) is 9.47. The van der Waals surface area contributed by atoms with E-state index in [1.165, 1.54) is 6.07 Å². The second kappa shape index (κ2) is 7.89. The minimum atomic E-state index is -1.04. The average Bonchev–Trinajstić information content (AvgIpc) is 2.41. The van der Waals surface area contributed by atoms with E-state index in [2.05, 4.69) is 40.4 Å². The van der Waals surface area contributed by atoms with E-state index >= 15 is 0 Å². The van der Waals surface area contributed by atoms with Gasteiger partial charge in [-0.05, 0) is 40.0 Å². The zero-order chi connectivity index (χ0) is 15.1. The molecule has 3 N–H and O–H groups in total. The van der Waals surface area contributed by atoms with Crippen molar-refractivity contribution in [1.82, 2.24) is 5.32 Å². The highest BCUT2D eigenvalue weighted by atomic mass is 79.9. The molecule has 0 aliphatic heterocycles. The van der Waals surface area contributed by atoms with Gasteiger partial charge in [-0.15, -0.1) is 0 Å². The van der Waals surface area contributed by atoms with Gasteiger partial charge < -0.3 is 15.7 Å². The van der Waals surface area contributed by atoms with Crippen molar-refractivity contribution in [2.45, 2.75) is 26.7 Å². The molecule has 0 unspecified atom stereocenters. The fourth-order valence-electron chi connectivity index (χ4n) is 1.76. The van der Waals surface area contributed by atoms with Crippen LogP contribution in [-0.4, -0.2) is 23.7 Å². The highest BCUT2D eigenvalue weighted by Gasteiger charge is 2.11. The molecule has 0 atom stereocenters. The Bertz CT molecular complexity index is 487. The van der Waals surface area contributed by atoms with Crippen molar-refractivity contribution in [1.29, 1.82) is 0 Å². The topological polar surface area (TPSA) is 78.4 Å². The monoisotopic (exact) mass is 342 g/mol. The molecule has 0 spiro atoms. The maximum Gasteiger partial charge on any atom is 0.336 e. The standard InChI is InChI=1S/C14H19BrN2O3/c1-3-9(4-2)8-16-14(20)17-10-5-6-12(15)11(7-10)13(18)19/h5-7,9H,3-4,8H2,1-2H3,(H,18,19)(H2,16,17,20). The van der Waals surface area contributed by atoms with Gasteiger partial charge in [-0.25, -0.2) is 9.59 Å². The van der Waals surface area contributed by atoms with Gasteiger partial charge in [0, 0.05) is 16.7 Å². The molecule has 0 aliphatic rings. The molecule has 1 rings (SSSR count). The lowest BCUT2D eigenvalue weighted by atomic mass is 10.0. The Balaban J connectivity index is 2.62. The summed E-state index contributed by atoms with van der Waals surface area (Å²) >= 11 is 3.16. The average molecular weight is 343 g/mol. The van der Waals surface area contributed by atoms with E-state index in [1.807, 2.05) is 0 Å². The molecule has 0 radical (unpaired) electrons. The molecular formula is C14H19BrN2O3. The first kappa shape index (κ1) is 16.5. The molecule has 0 aliphatic carbocycles. The second-order valence-corrected chi connectivity index (χ2v) is 5.37. The Morgan fingerprint density at radius 1 is 1.30 bits per heavy atom. The van der Waals surface area contributed by atoms with Crippen LogP contribution < -0.4 is 10.6 Å². The number of nitrogens with one attached hydrogen (secondary N) is 2. The van der Waals surface area contributed by atoms with Gasteiger partial charge in [-0.3, -0.25) is 0 Å². The Kier molecular flexibility index (Phi) is 6.51. The van der Waals surface area contributed by atoms with Crippen LogP contribution in [0.25, 0.3) is 0 Å². The van der Waals surface area contributed by atoms with E-state index in [0.717, 1.165) is 12.8 Å². The van der Waals surface area contributed by atoms with Crippen LogP contribution in [0, 0.1) is 5.92 Å². The minimum absolute atomic E-state index is 0.114. The summed E-state index contributed by atoms with van der Waals surface area (Å²) in [7, 11) is 0. The number of halogens is 1. The molecule has 0 bridgehead atoms. The van der Waals surface area contributed by atoms with Gasteiger partial charge in [0.25, 0.3) is 0 Å². The smallest absolute Gasteiger partial charge is 0.336 e. The maximum absolute atomic E-state index is 11.7. The lowest BCUT2D eigenvalue weighted by Crippen LogP contribution is -2.32. The molecule has 2 amide bonds. The van der Waals surface area contributed by atoms with E-state index in [0.29, 0.717) is 22.6 Å². The molecule has 6 heteroatoms. The van der Waals surface area contributed by atoms with Crippen LogP contribution in [0.4, 0.5) is 10.5 Å². The van der Waals surface area contributed by atoms with Gasteiger partial charge in [0.1, 0.15) is 0 Å². The van der Waals surface area contributed by atoms with E-state index < -0.39 is 5.97 Å². The molecule has 0 fully saturated rings. The summed E-state index contributed by atoms with van der Waals surface area (Å²) in [5.41, 5.74) is 0.565. The summed E-state index contributed by atoms with van der Waals surface area (Å²) in [6.45, 7) is 4.78. The molecule has 1 aromatic carbocycles. The summed E-state index contributed by atoms with van der Waals surface area (Å²) in [5.74, 6) is -0.585. The Morgan fingerprint density at radius 3 is 2.50 bits per heavy atom.